The average Bonchev–Trinajstić information content (AvgIpc) is 3.86. The van der Waals surface area contributed by atoms with E-state index in [0.717, 1.165) is 60.9 Å². The van der Waals surface area contributed by atoms with Crippen molar-refractivity contribution >= 4 is 53.4 Å². The monoisotopic (exact) mass is 733 g/mol. The number of hydrogen-bond acceptors (Lipinski definition) is 5. The summed E-state index contributed by atoms with van der Waals surface area (Å²) in [6.07, 6.45) is 0. The molecule has 0 bridgehead atoms. The molecule has 0 atom stereocenters. The molecule has 0 fully saturated rings. The Labute approximate surface area is 327 Å². The molecular weight excluding hydrogens is 703 g/mol. The summed E-state index contributed by atoms with van der Waals surface area (Å²) >= 11 is 1.83. The van der Waals surface area contributed by atoms with E-state index < -0.39 is 0 Å². The Balaban J connectivity index is 1.11. The van der Waals surface area contributed by atoms with Gasteiger partial charge >= 0.3 is 0 Å². The number of para-hydroxylation sites is 2. The van der Waals surface area contributed by atoms with Gasteiger partial charge in [0.2, 0.25) is 0 Å². The Morgan fingerprint density at radius 3 is 1.61 bits per heavy atom. The molecule has 0 aliphatic carbocycles. The topological polar surface area (TPSA) is 51.8 Å². The van der Waals surface area contributed by atoms with E-state index in [-0.39, 0.29) is 0 Å². The van der Waals surface area contributed by atoms with Crippen LogP contribution in [0, 0.1) is 0 Å². The van der Waals surface area contributed by atoms with Crippen LogP contribution in [0.1, 0.15) is 0 Å². The second-order valence-electron chi connectivity index (χ2n) is 13.9. The van der Waals surface area contributed by atoms with E-state index >= 15 is 0 Å². The summed E-state index contributed by atoms with van der Waals surface area (Å²) in [5, 5.41) is 4.63. The smallest absolute Gasteiger partial charge is 0.167 e. The minimum Gasteiger partial charge on any atom is -0.455 e. The van der Waals surface area contributed by atoms with Crippen molar-refractivity contribution in [3.05, 3.63) is 188 Å². The molecule has 0 saturated heterocycles. The van der Waals surface area contributed by atoms with Crippen LogP contribution in [0.2, 0.25) is 0 Å². The van der Waals surface area contributed by atoms with Crippen LogP contribution in [0.15, 0.2) is 192 Å². The fourth-order valence-corrected chi connectivity index (χ4v) is 9.06. The van der Waals surface area contributed by atoms with E-state index in [2.05, 4.69) is 152 Å². The van der Waals surface area contributed by atoms with Crippen molar-refractivity contribution in [2.75, 3.05) is 0 Å². The van der Waals surface area contributed by atoms with Gasteiger partial charge in [0.15, 0.2) is 17.5 Å². The van der Waals surface area contributed by atoms with Gasteiger partial charge in [-0.1, -0.05) is 158 Å². The lowest BCUT2D eigenvalue weighted by molar-refractivity contribution is 0.670. The summed E-state index contributed by atoms with van der Waals surface area (Å²) < 4.78 is 9.54. The third-order valence-electron chi connectivity index (χ3n) is 10.5. The minimum atomic E-state index is 0.559. The third kappa shape index (κ3) is 5.48. The van der Waals surface area contributed by atoms with E-state index in [0.29, 0.717) is 17.5 Å². The van der Waals surface area contributed by atoms with Crippen molar-refractivity contribution in [3.8, 4) is 67.5 Å². The lowest BCUT2D eigenvalue weighted by Crippen LogP contribution is -2.00. The van der Waals surface area contributed by atoms with Crippen molar-refractivity contribution < 1.29 is 4.42 Å². The molecule has 262 valence electrons. The van der Waals surface area contributed by atoms with Gasteiger partial charge in [-0.15, -0.1) is 11.3 Å². The number of hydrogen-bond donors (Lipinski definition) is 0. The fourth-order valence-electron chi connectivity index (χ4n) is 7.89. The van der Waals surface area contributed by atoms with Crippen LogP contribution in [0.3, 0.4) is 0 Å². The predicted molar refractivity (Wildman–Crippen MR) is 233 cm³/mol. The van der Waals surface area contributed by atoms with Crippen LogP contribution in [-0.2, 0) is 0 Å². The number of fused-ring (bicyclic) bond motifs is 6. The molecule has 8 aromatic carbocycles. The maximum absolute atomic E-state index is 7.01. The average molecular weight is 734 g/mol. The van der Waals surface area contributed by atoms with Crippen molar-refractivity contribution in [2.24, 2.45) is 0 Å². The summed E-state index contributed by atoms with van der Waals surface area (Å²) in [5.41, 5.74) is 11.0. The number of furan rings is 1. The molecule has 0 spiro atoms. The first kappa shape index (κ1) is 32.2. The van der Waals surface area contributed by atoms with Crippen molar-refractivity contribution in [3.63, 3.8) is 0 Å². The highest BCUT2D eigenvalue weighted by molar-refractivity contribution is 7.26. The van der Waals surface area contributed by atoms with Crippen LogP contribution in [0.25, 0.3) is 110 Å². The summed E-state index contributed by atoms with van der Waals surface area (Å²) in [7, 11) is 0. The van der Waals surface area contributed by atoms with E-state index in [1.54, 1.807) is 0 Å². The molecule has 3 aromatic heterocycles. The Morgan fingerprint density at radius 2 is 0.857 bits per heavy atom. The lowest BCUT2D eigenvalue weighted by atomic mass is 9.94. The van der Waals surface area contributed by atoms with Crippen LogP contribution < -0.4 is 0 Å². The summed E-state index contributed by atoms with van der Waals surface area (Å²) in [6.45, 7) is 0. The maximum Gasteiger partial charge on any atom is 0.167 e. The Kier molecular flexibility index (Phi) is 7.64. The van der Waals surface area contributed by atoms with Gasteiger partial charge in [0.05, 0.1) is 5.56 Å². The second-order valence-corrected chi connectivity index (χ2v) is 15.0. The summed E-state index contributed by atoms with van der Waals surface area (Å²) in [5.74, 6) is 1.77. The number of benzene rings is 8. The standard InChI is InChI=1S/C51H31N3OS/c1-4-15-32(16-5-1)35-21-12-22-36(29-35)50-52-49(34-19-8-3-9-20-34)53-51(54-50)42-27-14-26-40-39-25-13-24-38(47(39)55-48(40)42)37-30-43(33-17-6-2-7-18-33)46-41-23-10-11-28-44(41)56-45(46)31-37/h1-31H. The largest absolute Gasteiger partial charge is 0.455 e. The first-order valence-electron chi connectivity index (χ1n) is 18.7. The SMILES string of the molecule is c1ccc(-c2cccc(-c3nc(-c4ccccc4)nc(-c4cccc5c4oc4c(-c6cc(-c7ccccc7)c7c(c6)sc6ccccc67)cccc45)n3)c2)cc1. The molecule has 0 radical (unpaired) electrons. The van der Waals surface area contributed by atoms with Crippen LogP contribution in [0.5, 0.6) is 0 Å². The van der Waals surface area contributed by atoms with Crippen LogP contribution >= 0.6 is 11.3 Å². The molecule has 0 saturated carbocycles. The van der Waals surface area contributed by atoms with Gasteiger partial charge in [0.25, 0.3) is 0 Å². The minimum absolute atomic E-state index is 0.559. The number of thiophene rings is 1. The third-order valence-corrected chi connectivity index (χ3v) is 11.7. The van der Waals surface area contributed by atoms with E-state index in [9.17, 15) is 0 Å². The molecule has 0 N–H and O–H groups in total. The van der Waals surface area contributed by atoms with Gasteiger partial charge in [0.1, 0.15) is 11.2 Å². The van der Waals surface area contributed by atoms with Gasteiger partial charge < -0.3 is 4.42 Å². The predicted octanol–water partition coefficient (Wildman–Crippen LogP) is 14.1. The second kappa shape index (κ2) is 13.3. The molecule has 11 rings (SSSR count). The molecule has 5 heteroatoms. The highest BCUT2D eigenvalue weighted by Crippen LogP contribution is 2.45. The molecule has 3 heterocycles. The first-order chi connectivity index (χ1) is 27.7. The van der Waals surface area contributed by atoms with Gasteiger partial charge in [-0.3, -0.25) is 0 Å². The number of aromatic nitrogens is 3. The molecule has 0 aliphatic heterocycles. The summed E-state index contributed by atoms with van der Waals surface area (Å²) in [6, 6.07) is 65.6. The van der Waals surface area contributed by atoms with Crippen LogP contribution in [0.4, 0.5) is 0 Å². The molecule has 4 nitrogen and oxygen atoms in total. The van der Waals surface area contributed by atoms with E-state index in [4.69, 9.17) is 19.4 Å². The molecule has 11 aromatic rings. The molecule has 0 amide bonds. The quantitative estimate of drug-likeness (QED) is 0.171. The maximum atomic E-state index is 7.01. The Bertz CT molecular complexity index is 3240. The lowest BCUT2D eigenvalue weighted by Gasteiger charge is -2.10. The zero-order chi connectivity index (χ0) is 37.0. The zero-order valence-electron chi connectivity index (χ0n) is 30.1. The van der Waals surface area contributed by atoms with E-state index in [1.807, 2.05) is 47.7 Å². The first-order valence-corrected chi connectivity index (χ1v) is 19.5. The summed E-state index contributed by atoms with van der Waals surface area (Å²) in [4.78, 5) is 15.3. The van der Waals surface area contributed by atoms with Crippen molar-refractivity contribution in [1.29, 1.82) is 0 Å². The zero-order valence-corrected chi connectivity index (χ0v) is 30.9. The highest BCUT2D eigenvalue weighted by atomic mass is 32.1. The normalized spacial score (nSPS) is 11.6. The fraction of sp³-hybridized carbons (Fsp3) is 0. The van der Waals surface area contributed by atoms with Crippen molar-refractivity contribution in [2.45, 2.75) is 0 Å². The van der Waals surface area contributed by atoms with Gasteiger partial charge in [-0.2, -0.15) is 0 Å². The number of rotatable bonds is 6. The highest BCUT2D eigenvalue weighted by Gasteiger charge is 2.21. The Morgan fingerprint density at radius 1 is 0.321 bits per heavy atom. The van der Waals surface area contributed by atoms with Crippen molar-refractivity contribution in [1.82, 2.24) is 15.0 Å². The van der Waals surface area contributed by atoms with Gasteiger partial charge in [-0.25, -0.2) is 15.0 Å². The molecule has 56 heavy (non-hydrogen) atoms. The van der Waals surface area contributed by atoms with Gasteiger partial charge in [0, 0.05) is 47.6 Å². The number of nitrogens with zero attached hydrogens (tertiary/aromatic N) is 3. The molecular formula is C51H31N3OS. The van der Waals surface area contributed by atoms with E-state index in [1.165, 1.54) is 31.3 Å². The van der Waals surface area contributed by atoms with Gasteiger partial charge in [-0.05, 0) is 58.1 Å². The Hall–Kier alpha value is -7.21. The molecule has 0 unspecified atom stereocenters. The molecule has 0 aliphatic rings. The van der Waals surface area contributed by atoms with Crippen LogP contribution in [-0.4, -0.2) is 15.0 Å².